The van der Waals surface area contributed by atoms with Gasteiger partial charge in [-0.1, -0.05) is 0 Å². The van der Waals surface area contributed by atoms with E-state index in [2.05, 4.69) is 0 Å². The SMILES string of the molecule is CO[C@H]1[C@@H](O)[C@H](C)O[C@@H]1CO. The van der Waals surface area contributed by atoms with Crippen molar-refractivity contribution in [2.24, 2.45) is 0 Å². The Morgan fingerprint density at radius 1 is 1.55 bits per heavy atom. The summed E-state index contributed by atoms with van der Waals surface area (Å²) in [4.78, 5) is 0. The molecule has 0 aliphatic carbocycles. The summed E-state index contributed by atoms with van der Waals surface area (Å²) < 4.78 is 10.2. The second-order valence-corrected chi connectivity index (χ2v) is 2.75. The summed E-state index contributed by atoms with van der Waals surface area (Å²) in [5.74, 6) is 0. The molecule has 1 aliphatic rings. The predicted octanol–water partition coefficient (Wildman–Crippen LogP) is -0.858. The largest absolute Gasteiger partial charge is 0.394 e. The number of methoxy groups -OCH3 is 1. The van der Waals surface area contributed by atoms with E-state index in [4.69, 9.17) is 14.6 Å². The second-order valence-electron chi connectivity index (χ2n) is 2.75. The quantitative estimate of drug-likeness (QED) is 0.555. The highest BCUT2D eigenvalue weighted by Crippen LogP contribution is 2.22. The summed E-state index contributed by atoms with van der Waals surface area (Å²) in [6, 6.07) is 0. The minimum atomic E-state index is -0.628. The number of hydrogen-bond donors (Lipinski definition) is 2. The third kappa shape index (κ3) is 1.54. The fraction of sp³-hybridized carbons (Fsp3) is 1.00. The minimum absolute atomic E-state index is 0.111. The average Bonchev–Trinajstić information content (AvgIpc) is 2.28. The first kappa shape index (κ1) is 8.93. The first-order valence-corrected chi connectivity index (χ1v) is 3.68. The molecule has 1 fully saturated rings. The molecule has 0 unspecified atom stereocenters. The van der Waals surface area contributed by atoms with Crippen molar-refractivity contribution in [3.8, 4) is 0 Å². The van der Waals surface area contributed by atoms with Crippen LogP contribution in [0.15, 0.2) is 0 Å². The lowest BCUT2D eigenvalue weighted by atomic mass is 10.1. The molecule has 66 valence electrons. The molecule has 11 heavy (non-hydrogen) atoms. The lowest BCUT2D eigenvalue weighted by Gasteiger charge is -2.15. The van der Waals surface area contributed by atoms with Crippen LogP contribution in [0.2, 0.25) is 0 Å². The zero-order chi connectivity index (χ0) is 8.43. The molecule has 4 heteroatoms. The van der Waals surface area contributed by atoms with Crippen molar-refractivity contribution in [3.63, 3.8) is 0 Å². The van der Waals surface area contributed by atoms with Crippen LogP contribution in [0.5, 0.6) is 0 Å². The highest BCUT2D eigenvalue weighted by Gasteiger charge is 2.40. The summed E-state index contributed by atoms with van der Waals surface area (Å²) in [5.41, 5.74) is 0. The minimum Gasteiger partial charge on any atom is -0.394 e. The molecule has 1 heterocycles. The Morgan fingerprint density at radius 2 is 2.18 bits per heavy atom. The highest BCUT2D eigenvalue weighted by atomic mass is 16.6. The number of aliphatic hydroxyl groups excluding tert-OH is 2. The number of ether oxygens (including phenoxy) is 2. The molecule has 1 rings (SSSR count). The lowest BCUT2D eigenvalue weighted by molar-refractivity contribution is -0.0343. The van der Waals surface area contributed by atoms with E-state index in [1.165, 1.54) is 7.11 Å². The van der Waals surface area contributed by atoms with Gasteiger partial charge in [-0.25, -0.2) is 0 Å². The van der Waals surface area contributed by atoms with Gasteiger partial charge in [0.05, 0.1) is 12.7 Å². The Labute approximate surface area is 65.7 Å². The summed E-state index contributed by atoms with van der Waals surface area (Å²) >= 11 is 0. The Kier molecular flexibility index (Phi) is 2.84. The van der Waals surface area contributed by atoms with E-state index in [1.54, 1.807) is 6.92 Å². The molecule has 0 radical (unpaired) electrons. The monoisotopic (exact) mass is 162 g/mol. The lowest BCUT2D eigenvalue weighted by Crippen LogP contribution is -2.35. The van der Waals surface area contributed by atoms with Gasteiger partial charge in [0.15, 0.2) is 0 Å². The zero-order valence-electron chi connectivity index (χ0n) is 6.73. The maximum absolute atomic E-state index is 9.40. The van der Waals surface area contributed by atoms with Gasteiger partial charge in [0.1, 0.15) is 18.3 Å². The van der Waals surface area contributed by atoms with Crippen LogP contribution in [-0.4, -0.2) is 48.3 Å². The van der Waals surface area contributed by atoms with E-state index in [9.17, 15) is 5.11 Å². The van der Waals surface area contributed by atoms with Gasteiger partial charge in [-0.2, -0.15) is 0 Å². The first-order valence-electron chi connectivity index (χ1n) is 3.68. The van der Waals surface area contributed by atoms with E-state index in [1.807, 2.05) is 0 Å². The number of hydrogen-bond acceptors (Lipinski definition) is 4. The molecule has 0 aromatic rings. The van der Waals surface area contributed by atoms with Crippen molar-refractivity contribution in [1.29, 1.82) is 0 Å². The van der Waals surface area contributed by atoms with Gasteiger partial charge in [-0.05, 0) is 6.92 Å². The van der Waals surface area contributed by atoms with Crippen molar-refractivity contribution in [2.75, 3.05) is 13.7 Å². The van der Waals surface area contributed by atoms with Gasteiger partial charge in [-0.15, -0.1) is 0 Å². The van der Waals surface area contributed by atoms with Crippen molar-refractivity contribution in [3.05, 3.63) is 0 Å². The van der Waals surface area contributed by atoms with Crippen molar-refractivity contribution in [1.82, 2.24) is 0 Å². The van der Waals surface area contributed by atoms with Crippen LogP contribution in [0.4, 0.5) is 0 Å². The second kappa shape index (κ2) is 3.49. The van der Waals surface area contributed by atoms with Gasteiger partial charge >= 0.3 is 0 Å². The summed E-state index contributed by atoms with van der Waals surface area (Å²) in [5, 5.41) is 18.2. The molecule has 0 spiro atoms. The van der Waals surface area contributed by atoms with E-state index in [0.29, 0.717) is 0 Å². The smallest absolute Gasteiger partial charge is 0.114 e. The zero-order valence-corrected chi connectivity index (χ0v) is 6.73. The third-order valence-electron chi connectivity index (χ3n) is 2.03. The summed E-state index contributed by atoms with van der Waals surface area (Å²) in [7, 11) is 1.50. The van der Waals surface area contributed by atoms with Crippen molar-refractivity contribution >= 4 is 0 Å². The fourth-order valence-corrected chi connectivity index (χ4v) is 1.36. The maximum Gasteiger partial charge on any atom is 0.114 e. The number of rotatable bonds is 2. The molecule has 0 bridgehead atoms. The van der Waals surface area contributed by atoms with E-state index in [-0.39, 0.29) is 18.8 Å². The van der Waals surface area contributed by atoms with Crippen molar-refractivity contribution in [2.45, 2.75) is 31.3 Å². The number of aliphatic hydroxyl groups is 2. The predicted molar refractivity (Wildman–Crippen MR) is 38.2 cm³/mol. The Balaban J connectivity index is 2.57. The standard InChI is InChI=1S/C7H14O4/c1-4-6(9)7(10-2)5(3-8)11-4/h4-9H,3H2,1-2H3/t4-,5+,6-,7+/m0/s1. The van der Waals surface area contributed by atoms with Gasteiger partial charge in [-0.3, -0.25) is 0 Å². The molecule has 1 saturated heterocycles. The molecular formula is C7H14O4. The van der Waals surface area contributed by atoms with E-state index >= 15 is 0 Å². The molecule has 4 atom stereocenters. The highest BCUT2D eigenvalue weighted by molar-refractivity contribution is 4.88. The molecular weight excluding hydrogens is 148 g/mol. The van der Waals surface area contributed by atoms with Crippen LogP contribution < -0.4 is 0 Å². The van der Waals surface area contributed by atoms with Gasteiger partial charge in [0.25, 0.3) is 0 Å². The van der Waals surface area contributed by atoms with E-state index in [0.717, 1.165) is 0 Å². The van der Waals surface area contributed by atoms with Gasteiger partial charge in [0, 0.05) is 7.11 Å². The molecule has 4 nitrogen and oxygen atoms in total. The molecule has 1 aliphatic heterocycles. The van der Waals surface area contributed by atoms with Gasteiger partial charge < -0.3 is 19.7 Å². The van der Waals surface area contributed by atoms with Crippen LogP contribution in [0.1, 0.15) is 6.92 Å². The normalized spacial score (nSPS) is 44.7. The third-order valence-corrected chi connectivity index (χ3v) is 2.03. The fourth-order valence-electron chi connectivity index (χ4n) is 1.36. The van der Waals surface area contributed by atoms with Gasteiger partial charge in [0.2, 0.25) is 0 Å². The molecule has 0 amide bonds. The van der Waals surface area contributed by atoms with Crippen LogP contribution >= 0.6 is 0 Å². The summed E-state index contributed by atoms with van der Waals surface area (Å²) in [6.07, 6.45) is -1.66. The molecule has 0 saturated carbocycles. The summed E-state index contributed by atoms with van der Waals surface area (Å²) in [6.45, 7) is 1.65. The molecule has 2 N–H and O–H groups in total. The topological polar surface area (TPSA) is 58.9 Å². The first-order chi connectivity index (χ1) is 5.20. The van der Waals surface area contributed by atoms with Crippen molar-refractivity contribution < 1.29 is 19.7 Å². The molecule has 0 aromatic heterocycles. The van der Waals surface area contributed by atoms with E-state index < -0.39 is 12.2 Å². The van der Waals surface area contributed by atoms with Crippen LogP contribution in [0.25, 0.3) is 0 Å². The Morgan fingerprint density at radius 3 is 2.55 bits per heavy atom. The van der Waals surface area contributed by atoms with Crippen LogP contribution in [-0.2, 0) is 9.47 Å². The molecule has 0 aromatic carbocycles. The van der Waals surface area contributed by atoms with Crippen LogP contribution in [0, 0.1) is 0 Å². The van der Waals surface area contributed by atoms with Crippen LogP contribution in [0.3, 0.4) is 0 Å². The Bertz CT molecular complexity index is 128. The Hall–Kier alpha value is -0.160. The maximum atomic E-state index is 9.40. The average molecular weight is 162 g/mol.